The van der Waals surface area contributed by atoms with Gasteiger partial charge in [0, 0.05) is 12.4 Å². The summed E-state index contributed by atoms with van der Waals surface area (Å²) in [5.74, 6) is -0.309. The summed E-state index contributed by atoms with van der Waals surface area (Å²) in [6, 6.07) is 7.93. The van der Waals surface area contributed by atoms with Gasteiger partial charge in [0.25, 0.3) is 5.91 Å². The number of anilines is 1. The lowest BCUT2D eigenvalue weighted by molar-refractivity contribution is 0.102. The maximum absolute atomic E-state index is 11.7. The van der Waals surface area contributed by atoms with Crippen LogP contribution in [0.1, 0.15) is 10.4 Å². The number of para-hydroxylation sites is 1. The van der Waals surface area contributed by atoms with E-state index in [2.05, 4.69) is 15.3 Å². The van der Waals surface area contributed by atoms with Crippen molar-refractivity contribution in [3.8, 4) is 5.75 Å². The van der Waals surface area contributed by atoms with E-state index in [9.17, 15) is 9.90 Å². The summed E-state index contributed by atoms with van der Waals surface area (Å²) < 4.78 is 0. The topological polar surface area (TPSA) is 75.1 Å². The van der Waals surface area contributed by atoms with Gasteiger partial charge in [0.05, 0.1) is 5.56 Å². The van der Waals surface area contributed by atoms with Crippen molar-refractivity contribution >= 4 is 11.9 Å². The first kappa shape index (κ1) is 10.1. The molecule has 2 aromatic rings. The predicted molar refractivity (Wildman–Crippen MR) is 58.1 cm³/mol. The molecule has 0 radical (unpaired) electrons. The van der Waals surface area contributed by atoms with E-state index < -0.39 is 5.91 Å². The fourth-order valence-corrected chi connectivity index (χ4v) is 1.20. The van der Waals surface area contributed by atoms with Gasteiger partial charge in [-0.1, -0.05) is 12.1 Å². The number of aromatic hydroxyl groups is 1. The molecule has 5 heteroatoms. The second-order valence-electron chi connectivity index (χ2n) is 3.04. The van der Waals surface area contributed by atoms with E-state index in [-0.39, 0.29) is 17.3 Å². The Hall–Kier alpha value is -2.43. The second kappa shape index (κ2) is 4.39. The molecule has 0 atom stereocenters. The van der Waals surface area contributed by atoms with Crippen molar-refractivity contribution < 1.29 is 9.90 Å². The van der Waals surface area contributed by atoms with Crippen LogP contribution in [0.4, 0.5) is 5.95 Å². The zero-order valence-corrected chi connectivity index (χ0v) is 8.29. The number of amides is 1. The molecule has 0 aliphatic rings. The molecule has 0 saturated heterocycles. The van der Waals surface area contributed by atoms with Crippen molar-refractivity contribution in [2.75, 3.05) is 5.32 Å². The summed E-state index contributed by atoms with van der Waals surface area (Å²) in [5.41, 5.74) is 0.190. The highest BCUT2D eigenvalue weighted by molar-refractivity contribution is 6.05. The minimum atomic E-state index is -0.440. The van der Waals surface area contributed by atoms with Crippen molar-refractivity contribution in [1.29, 1.82) is 0 Å². The molecular weight excluding hydrogens is 206 g/mol. The Balaban J connectivity index is 2.19. The van der Waals surface area contributed by atoms with Gasteiger partial charge in [-0.05, 0) is 18.2 Å². The second-order valence-corrected chi connectivity index (χ2v) is 3.04. The maximum atomic E-state index is 11.7. The quantitative estimate of drug-likeness (QED) is 0.794. The molecule has 2 N–H and O–H groups in total. The van der Waals surface area contributed by atoms with Crippen molar-refractivity contribution in [2.45, 2.75) is 0 Å². The largest absolute Gasteiger partial charge is 0.507 e. The van der Waals surface area contributed by atoms with Gasteiger partial charge in [-0.25, -0.2) is 9.97 Å². The van der Waals surface area contributed by atoms with Crippen molar-refractivity contribution in [1.82, 2.24) is 9.97 Å². The zero-order valence-electron chi connectivity index (χ0n) is 8.29. The molecule has 16 heavy (non-hydrogen) atoms. The van der Waals surface area contributed by atoms with Crippen LogP contribution in [0.15, 0.2) is 42.7 Å². The van der Waals surface area contributed by atoms with Crippen LogP contribution in [-0.2, 0) is 0 Å². The Kier molecular flexibility index (Phi) is 2.77. The van der Waals surface area contributed by atoms with Crippen LogP contribution < -0.4 is 5.32 Å². The number of carbonyl (C=O) groups excluding carboxylic acids is 1. The van der Waals surface area contributed by atoms with Crippen molar-refractivity contribution in [3.63, 3.8) is 0 Å². The highest BCUT2D eigenvalue weighted by Crippen LogP contribution is 2.16. The number of phenols is 1. The van der Waals surface area contributed by atoms with Crippen LogP contribution in [0.25, 0.3) is 0 Å². The summed E-state index contributed by atoms with van der Waals surface area (Å²) in [4.78, 5) is 19.4. The summed E-state index contributed by atoms with van der Waals surface area (Å²) >= 11 is 0. The average Bonchev–Trinajstić information content (AvgIpc) is 2.31. The highest BCUT2D eigenvalue weighted by Gasteiger charge is 2.10. The smallest absolute Gasteiger partial charge is 0.261 e. The predicted octanol–water partition coefficient (Wildman–Crippen LogP) is 1.43. The van der Waals surface area contributed by atoms with E-state index in [4.69, 9.17) is 0 Å². The Morgan fingerprint density at radius 3 is 2.50 bits per heavy atom. The number of nitrogens with zero attached hydrogens (tertiary/aromatic N) is 2. The summed E-state index contributed by atoms with van der Waals surface area (Å²) in [6.45, 7) is 0. The van der Waals surface area contributed by atoms with Gasteiger partial charge in [-0.15, -0.1) is 0 Å². The van der Waals surface area contributed by atoms with Crippen LogP contribution >= 0.6 is 0 Å². The minimum Gasteiger partial charge on any atom is -0.507 e. The van der Waals surface area contributed by atoms with Gasteiger partial charge in [0.2, 0.25) is 5.95 Å². The van der Waals surface area contributed by atoms with Crippen LogP contribution in [0.2, 0.25) is 0 Å². The lowest BCUT2D eigenvalue weighted by Crippen LogP contribution is -2.13. The Bertz CT molecular complexity index is 500. The molecular formula is C11H9N3O2. The van der Waals surface area contributed by atoms with E-state index in [1.54, 1.807) is 18.2 Å². The molecule has 1 amide bonds. The average molecular weight is 215 g/mol. The molecule has 0 unspecified atom stereocenters. The van der Waals surface area contributed by atoms with Crippen molar-refractivity contribution in [2.24, 2.45) is 0 Å². The third-order valence-corrected chi connectivity index (χ3v) is 1.94. The number of nitrogens with one attached hydrogen (secondary N) is 1. The number of benzene rings is 1. The molecule has 0 spiro atoms. The van der Waals surface area contributed by atoms with Crippen molar-refractivity contribution in [3.05, 3.63) is 48.3 Å². The van der Waals surface area contributed by atoms with E-state index in [0.717, 1.165) is 0 Å². The molecule has 1 heterocycles. The molecule has 0 bridgehead atoms. The molecule has 1 aromatic heterocycles. The maximum Gasteiger partial charge on any atom is 0.261 e. The highest BCUT2D eigenvalue weighted by atomic mass is 16.3. The molecule has 0 fully saturated rings. The molecule has 5 nitrogen and oxygen atoms in total. The van der Waals surface area contributed by atoms with E-state index >= 15 is 0 Å². The molecule has 0 aliphatic carbocycles. The van der Waals surface area contributed by atoms with Gasteiger partial charge >= 0.3 is 0 Å². The Morgan fingerprint density at radius 2 is 1.81 bits per heavy atom. The minimum absolute atomic E-state index is 0.0732. The van der Waals surface area contributed by atoms with Gasteiger partial charge in [0.1, 0.15) is 5.75 Å². The first-order valence-electron chi connectivity index (χ1n) is 4.64. The van der Waals surface area contributed by atoms with Gasteiger partial charge in [0.15, 0.2) is 0 Å². The SMILES string of the molecule is O=C(Nc1ncccn1)c1ccccc1O. The van der Waals surface area contributed by atoms with Crippen LogP contribution in [0, 0.1) is 0 Å². The normalized spacial score (nSPS) is 9.75. The third kappa shape index (κ3) is 2.14. The van der Waals surface area contributed by atoms with Crippen LogP contribution in [0.3, 0.4) is 0 Å². The van der Waals surface area contributed by atoms with Gasteiger partial charge in [-0.3, -0.25) is 10.1 Å². The summed E-state index contributed by atoms with van der Waals surface area (Å²) in [5, 5.41) is 11.9. The summed E-state index contributed by atoms with van der Waals surface area (Å²) in [7, 11) is 0. The first-order valence-corrected chi connectivity index (χ1v) is 4.64. The zero-order chi connectivity index (χ0) is 11.4. The molecule has 0 saturated carbocycles. The molecule has 80 valence electrons. The fourth-order valence-electron chi connectivity index (χ4n) is 1.20. The number of hydrogen-bond donors (Lipinski definition) is 2. The van der Waals surface area contributed by atoms with Crippen LogP contribution in [0.5, 0.6) is 5.75 Å². The fraction of sp³-hybridized carbons (Fsp3) is 0. The standard InChI is InChI=1S/C11H9N3O2/c15-9-5-2-1-4-8(9)10(16)14-11-12-6-3-7-13-11/h1-7,15H,(H,12,13,14,16). The lowest BCUT2D eigenvalue weighted by Gasteiger charge is -2.04. The van der Waals surface area contributed by atoms with Crippen LogP contribution in [-0.4, -0.2) is 21.0 Å². The lowest BCUT2D eigenvalue weighted by atomic mass is 10.2. The van der Waals surface area contributed by atoms with Gasteiger partial charge < -0.3 is 5.11 Å². The number of phenolic OH excluding ortho intramolecular Hbond substituents is 1. The Morgan fingerprint density at radius 1 is 1.12 bits per heavy atom. The molecule has 1 aromatic carbocycles. The summed E-state index contributed by atoms with van der Waals surface area (Å²) in [6.07, 6.45) is 3.04. The number of rotatable bonds is 2. The van der Waals surface area contributed by atoms with Gasteiger partial charge in [-0.2, -0.15) is 0 Å². The number of hydrogen-bond acceptors (Lipinski definition) is 4. The number of aromatic nitrogens is 2. The molecule has 2 rings (SSSR count). The van der Waals surface area contributed by atoms with E-state index in [1.165, 1.54) is 24.5 Å². The monoisotopic (exact) mass is 215 g/mol. The van der Waals surface area contributed by atoms with E-state index in [0.29, 0.717) is 0 Å². The molecule has 0 aliphatic heterocycles. The van der Waals surface area contributed by atoms with E-state index in [1.807, 2.05) is 0 Å². The Labute approximate surface area is 91.8 Å². The number of carbonyl (C=O) groups is 1. The first-order chi connectivity index (χ1) is 7.77. The third-order valence-electron chi connectivity index (χ3n) is 1.94.